The summed E-state index contributed by atoms with van der Waals surface area (Å²) in [5.74, 6) is -0.848. The van der Waals surface area contributed by atoms with Crippen molar-refractivity contribution < 1.29 is 28.0 Å². The number of rotatable bonds is 17. The average molecular weight is 850 g/mol. The maximum absolute atomic E-state index is 14.1. The van der Waals surface area contributed by atoms with Gasteiger partial charge in [0.2, 0.25) is 5.91 Å². The number of likely N-dealkylation sites (tertiary alicyclic amines) is 1. The van der Waals surface area contributed by atoms with E-state index < -0.39 is 18.0 Å². The van der Waals surface area contributed by atoms with E-state index in [1.54, 1.807) is 37.4 Å². The van der Waals surface area contributed by atoms with E-state index in [4.69, 9.17) is 28.6 Å². The molecule has 1 unspecified atom stereocenters. The van der Waals surface area contributed by atoms with Crippen LogP contribution in [0.25, 0.3) is 33.7 Å². The number of carbonyl (C=O) groups is 3. The van der Waals surface area contributed by atoms with E-state index >= 15 is 0 Å². The molecule has 0 saturated carbocycles. The molecule has 15 nitrogen and oxygen atoms in total. The minimum Gasteiger partial charge on any atom is -0.378 e. The Morgan fingerprint density at radius 2 is 1.88 bits per heavy atom. The van der Waals surface area contributed by atoms with Crippen molar-refractivity contribution in [2.24, 2.45) is 11.3 Å². The molecule has 4 aromatic heterocycles. The molecule has 4 aromatic rings. The number of nitrogens with zero attached hydrogens (tertiary/aromatic N) is 6. The highest BCUT2D eigenvalue weighted by Crippen LogP contribution is 2.38. The third-order valence-electron chi connectivity index (χ3n) is 11.1. The van der Waals surface area contributed by atoms with E-state index in [1.807, 2.05) is 50.6 Å². The highest BCUT2D eigenvalue weighted by Gasteiger charge is 2.39. The van der Waals surface area contributed by atoms with Gasteiger partial charge in [-0.15, -0.1) is 11.3 Å². The van der Waals surface area contributed by atoms with Crippen molar-refractivity contribution in [2.75, 3.05) is 60.3 Å². The molecule has 2 saturated heterocycles. The van der Waals surface area contributed by atoms with Crippen molar-refractivity contribution in [2.45, 2.75) is 84.6 Å². The van der Waals surface area contributed by atoms with Crippen LogP contribution in [0.3, 0.4) is 0 Å². The number of amides is 4. The van der Waals surface area contributed by atoms with Crippen molar-refractivity contribution in [1.29, 1.82) is 0 Å². The second kappa shape index (κ2) is 19.5. The van der Waals surface area contributed by atoms with Crippen LogP contribution in [0.4, 0.5) is 4.79 Å². The molecule has 0 radical (unpaired) electrons. The number of thiazole rings is 1. The first-order chi connectivity index (χ1) is 28.2. The topological polar surface area (TPSA) is 167 Å². The number of fused-ring (bicyclic) bond motifs is 1. The average Bonchev–Trinajstić information content (AvgIpc) is 3.83. The zero-order valence-electron chi connectivity index (χ0n) is 35.7. The molecule has 4 amide bonds. The number of ether oxygens (including phenoxy) is 2. The van der Waals surface area contributed by atoms with Crippen LogP contribution in [0.2, 0.25) is 0 Å². The van der Waals surface area contributed by atoms with Gasteiger partial charge < -0.3 is 33.8 Å². The maximum Gasteiger partial charge on any atom is 0.320 e. The van der Waals surface area contributed by atoms with Gasteiger partial charge in [-0.2, -0.15) is 0 Å². The molecule has 3 N–H and O–H groups in total. The summed E-state index contributed by atoms with van der Waals surface area (Å²) in [7, 11) is 4.94. The third-order valence-corrected chi connectivity index (χ3v) is 12.3. The lowest BCUT2D eigenvalue weighted by molar-refractivity contribution is -0.141. The fourth-order valence-corrected chi connectivity index (χ4v) is 8.98. The van der Waals surface area contributed by atoms with Gasteiger partial charge in [0.05, 0.1) is 70.7 Å². The molecule has 2 aliphatic rings. The van der Waals surface area contributed by atoms with Gasteiger partial charge in [0.1, 0.15) is 12.1 Å². The number of pyridine rings is 2. The summed E-state index contributed by atoms with van der Waals surface area (Å²) in [6.45, 7) is 12.8. The van der Waals surface area contributed by atoms with Crippen molar-refractivity contribution >= 4 is 52.3 Å². The number of aromatic amines is 1. The maximum atomic E-state index is 14.1. The van der Waals surface area contributed by atoms with E-state index in [9.17, 15) is 14.4 Å². The summed E-state index contributed by atoms with van der Waals surface area (Å²) in [6, 6.07) is 6.01. The number of hydrazine groups is 1. The molecule has 0 aliphatic carbocycles. The molecule has 0 spiro atoms. The molecule has 320 valence electrons. The van der Waals surface area contributed by atoms with E-state index in [2.05, 4.69) is 35.6 Å². The monoisotopic (exact) mass is 849 g/mol. The first-order valence-corrected chi connectivity index (χ1v) is 22.3. The summed E-state index contributed by atoms with van der Waals surface area (Å²) in [5, 5.41) is 7.26. The molecular formula is C42H59N9O6S2. The standard InChI is InChI=1S/C42H59N9O6S2/c1-25(2)38(49(6)41(54)50-21-27(22-50)56-8)39(52)48-32(40(53)51-18-11-10-17-44-51)19-34-45-33(23-59-34)30-14-15-31-37(46-30)29(20-42(4,5)24-57-58-9)36(47-31)28-13-12-16-43-35(28)26(3)55-7/h12-16,23,25-27,32,38,44,47H,10-11,17-22,24H2,1-9H3,(H,48,52)/t26-,32-,38?/m0/s1. The second-order valence-corrected chi connectivity index (χ2v) is 18.0. The number of H-pyrrole nitrogens is 1. The van der Waals surface area contributed by atoms with Gasteiger partial charge in [0.25, 0.3) is 5.91 Å². The van der Waals surface area contributed by atoms with Crippen molar-refractivity contribution in [3.05, 3.63) is 52.1 Å². The first kappa shape index (κ1) is 44.4. The summed E-state index contributed by atoms with van der Waals surface area (Å²) in [4.78, 5) is 63.3. The lowest BCUT2D eigenvalue weighted by Gasteiger charge is -2.42. The van der Waals surface area contributed by atoms with Gasteiger partial charge in [0.15, 0.2) is 0 Å². The number of carbonyl (C=O) groups excluding carboxylic acids is 3. The van der Waals surface area contributed by atoms with Crippen LogP contribution in [0, 0.1) is 11.3 Å². The molecule has 6 heterocycles. The number of aromatic nitrogens is 4. The Bertz CT molecular complexity index is 2080. The SMILES string of the molecule is COC1CN(C(=O)N(C)C(C(=O)N[C@@H](Cc2nc(-c3ccc4[nH]c(-c5cccnc5[C@H](C)OC)c(CC(C)(C)COSC)c4n3)cs2)C(=O)N2CCCCN2)C(C)C)C1. The lowest BCUT2D eigenvalue weighted by atomic mass is 9.85. The molecule has 2 fully saturated rings. The molecule has 6 rings (SSSR count). The summed E-state index contributed by atoms with van der Waals surface area (Å²) in [5.41, 5.74) is 9.81. The number of nitrogens with one attached hydrogen (secondary N) is 3. The number of hydrogen-bond acceptors (Lipinski definition) is 12. The number of likely N-dealkylation sites (N-methyl/N-ethyl adjacent to an activating group) is 1. The van der Waals surface area contributed by atoms with E-state index in [0.29, 0.717) is 55.6 Å². The van der Waals surface area contributed by atoms with Crippen LogP contribution in [0.15, 0.2) is 35.8 Å². The summed E-state index contributed by atoms with van der Waals surface area (Å²) in [6.07, 6.45) is 6.13. The van der Waals surface area contributed by atoms with Crippen LogP contribution >= 0.6 is 23.4 Å². The number of hydrogen-bond donors (Lipinski definition) is 3. The number of urea groups is 1. The van der Waals surface area contributed by atoms with Gasteiger partial charge in [-0.05, 0) is 73.8 Å². The van der Waals surface area contributed by atoms with Gasteiger partial charge >= 0.3 is 6.03 Å². The Balaban J connectivity index is 1.30. The Labute approximate surface area is 355 Å². The van der Waals surface area contributed by atoms with E-state index in [-0.39, 0.29) is 41.9 Å². The molecule has 0 aromatic carbocycles. The highest BCUT2D eigenvalue weighted by molar-refractivity contribution is 7.93. The summed E-state index contributed by atoms with van der Waals surface area (Å²) < 4.78 is 16.9. The quantitative estimate of drug-likeness (QED) is 0.109. The zero-order valence-corrected chi connectivity index (χ0v) is 37.3. The van der Waals surface area contributed by atoms with E-state index in [1.165, 1.54) is 28.3 Å². The van der Waals surface area contributed by atoms with Crippen LogP contribution in [-0.4, -0.2) is 131 Å². The minimum atomic E-state index is -0.915. The van der Waals surface area contributed by atoms with Crippen LogP contribution in [0.1, 0.15) is 69.8 Å². The lowest BCUT2D eigenvalue weighted by Crippen LogP contribution is -2.63. The fourth-order valence-electron chi connectivity index (χ4n) is 7.71. The fraction of sp³-hybridized carbons (Fsp3) is 0.571. The van der Waals surface area contributed by atoms with Crippen LogP contribution in [-0.2, 0) is 36.1 Å². The molecule has 3 atom stereocenters. The van der Waals surface area contributed by atoms with Crippen molar-refractivity contribution in [3.63, 3.8) is 0 Å². The molecular weight excluding hydrogens is 791 g/mol. The predicted molar refractivity (Wildman–Crippen MR) is 232 cm³/mol. The van der Waals surface area contributed by atoms with Crippen LogP contribution in [0.5, 0.6) is 0 Å². The molecule has 59 heavy (non-hydrogen) atoms. The molecule has 2 aliphatic heterocycles. The Morgan fingerprint density at radius 1 is 1.10 bits per heavy atom. The van der Waals surface area contributed by atoms with Crippen molar-refractivity contribution in [1.82, 2.24) is 45.5 Å². The van der Waals surface area contributed by atoms with Crippen molar-refractivity contribution in [3.8, 4) is 22.6 Å². The normalized spacial score (nSPS) is 16.6. The Kier molecular flexibility index (Phi) is 14.7. The second-order valence-electron chi connectivity index (χ2n) is 16.5. The third kappa shape index (κ3) is 10.3. The molecule has 0 bridgehead atoms. The largest absolute Gasteiger partial charge is 0.378 e. The first-order valence-electron chi connectivity index (χ1n) is 20.2. The molecule has 17 heteroatoms. The van der Waals surface area contributed by atoms with Crippen LogP contribution < -0.4 is 10.7 Å². The van der Waals surface area contributed by atoms with Gasteiger partial charge in [-0.25, -0.2) is 20.2 Å². The summed E-state index contributed by atoms with van der Waals surface area (Å²) >= 11 is 2.77. The predicted octanol–water partition coefficient (Wildman–Crippen LogP) is 5.88. The minimum absolute atomic E-state index is 0.0114. The smallest absolute Gasteiger partial charge is 0.320 e. The Morgan fingerprint density at radius 3 is 2.56 bits per heavy atom. The van der Waals surface area contributed by atoms with Gasteiger partial charge in [-0.1, -0.05) is 27.7 Å². The number of methoxy groups -OCH3 is 2. The highest BCUT2D eigenvalue weighted by atomic mass is 32.2. The van der Waals surface area contributed by atoms with E-state index in [0.717, 1.165) is 46.4 Å². The zero-order chi connectivity index (χ0) is 42.4. The van der Waals surface area contributed by atoms with Gasteiger partial charge in [-0.3, -0.25) is 19.6 Å². The van der Waals surface area contributed by atoms with Gasteiger partial charge in [0, 0.05) is 69.7 Å². The Hall–Kier alpha value is -4.13.